The van der Waals surface area contributed by atoms with Crippen LogP contribution >= 0.6 is 11.3 Å². The fourth-order valence-corrected chi connectivity index (χ4v) is 3.27. The van der Waals surface area contributed by atoms with Crippen LogP contribution in [0.15, 0.2) is 24.5 Å². The monoisotopic (exact) mass is 257 g/mol. The van der Waals surface area contributed by atoms with Crippen molar-refractivity contribution in [2.24, 2.45) is 0 Å². The van der Waals surface area contributed by atoms with Gasteiger partial charge in [0.05, 0.1) is 0 Å². The zero-order chi connectivity index (χ0) is 11.9. The zero-order valence-electron chi connectivity index (χ0n) is 9.63. The molecule has 0 spiro atoms. The number of benzene rings is 1. The molecule has 1 aliphatic heterocycles. The zero-order valence-corrected chi connectivity index (χ0v) is 10.4. The SMILES string of the molecule is c1cc2c(c(-c3nn4cnnc4s3)c1)CCNC2. The van der Waals surface area contributed by atoms with Crippen molar-refractivity contribution >= 4 is 16.3 Å². The molecule has 0 radical (unpaired) electrons. The predicted octanol–water partition coefficient (Wildman–Crippen LogP) is 1.50. The van der Waals surface area contributed by atoms with Crippen molar-refractivity contribution in [3.05, 3.63) is 35.7 Å². The van der Waals surface area contributed by atoms with Crippen molar-refractivity contribution in [2.75, 3.05) is 6.54 Å². The Bertz CT molecular complexity index is 686. The molecule has 2 aromatic heterocycles. The van der Waals surface area contributed by atoms with E-state index in [1.165, 1.54) is 16.7 Å². The number of hydrogen-bond donors (Lipinski definition) is 1. The van der Waals surface area contributed by atoms with Crippen molar-refractivity contribution in [1.29, 1.82) is 0 Å². The fraction of sp³-hybridized carbons (Fsp3) is 0.250. The second kappa shape index (κ2) is 3.86. The molecular formula is C12H11N5S. The van der Waals surface area contributed by atoms with Crippen molar-refractivity contribution in [2.45, 2.75) is 13.0 Å². The number of rotatable bonds is 1. The van der Waals surface area contributed by atoms with Crippen LogP contribution in [0.4, 0.5) is 0 Å². The Morgan fingerprint density at radius 1 is 1.33 bits per heavy atom. The van der Waals surface area contributed by atoms with E-state index in [2.05, 4.69) is 38.8 Å². The largest absolute Gasteiger partial charge is 0.312 e. The van der Waals surface area contributed by atoms with E-state index < -0.39 is 0 Å². The molecule has 1 aromatic carbocycles. The van der Waals surface area contributed by atoms with Gasteiger partial charge in [-0.05, 0) is 24.1 Å². The Labute approximate surface area is 107 Å². The molecule has 3 aromatic rings. The van der Waals surface area contributed by atoms with Gasteiger partial charge in [0.1, 0.15) is 11.3 Å². The highest BCUT2D eigenvalue weighted by Gasteiger charge is 2.16. The Hall–Kier alpha value is -1.79. The van der Waals surface area contributed by atoms with Crippen LogP contribution in [0, 0.1) is 0 Å². The van der Waals surface area contributed by atoms with Crippen molar-refractivity contribution in [3.8, 4) is 10.6 Å². The van der Waals surface area contributed by atoms with Crippen LogP contribution in [0.1, 0.15) is 11.1 Å². The molecule has 0 saturated carbocycles. The molecule has 0 fully saturated rings. The molecule has 1 N–H and O–H groups in total. The number of hydrogen-bond acceptors (Lipinski definition) is 5. The van der Waals surface area contributed by atoms with Crippen molar-refractivity contribution in [3.63, 3.8) is 0 Å². The highest BCUT2D eigenvalue weighted by molar-refractivity contribution is 7.19. The van der Waals surface area contributed by atoms with Gasteiger partial charge in [-0.15, -0.1) is 10.2 Å². The molecule has 0 bridgehead atoms. The summed E-state index contributed by atoms with van der Waals surface area (Å²) in [7, 11) is 0. The number of fused-ring (bicyclic) bond motifs is 2. The first-order valence-electron chi connectivity index (χ1n) is 5.90. The van der Waals surface area contributed by atoms with E-state index in [-0.39, 0.29) is 0 Å². The lowest BCUT2D eigenvalue weighted by Crippen LogP contribution is -2.24. The summed E-state index contributed by atoms with van der Waals surface area (Å²) in [6, 6.07) is 6.44. The predicted molar refractivity (Wildman–Crippen MR) is 69.5 cm³/mol. The lowest BCUT2D eigenvalue weighted by atomic mass is 9.96. The topological polar surface area (TPSA) is 55.1 Å². The van der Waals surface area contributed by atoms with E-state index in [0.717, 1.165) is 29.5 Å². The van der Waals surface area contributed by atoms with Crippen LogP contribution in [0.2, 0.25) is 0 Å². The molecule has 18 heavy (non-hydrogen) atoms. The van der Waals surface area contributed by atoms with Gasteiger partial charge in [-0.2, -0.15) is 9.61 Å². The molecule has 5 nitrogen and oxygen atoms in total. The lowest BCUT2D eigenvalue weighted by Gasteiger charge is -2.19. The lowest BCUT2D eigenvalue weighted by molar-refractivity contribution is 0.644. The maximum atomic E-state index is 4.54. The number of nitrogens with zero attached hydrogens (tertiary/aromatic N) is 4. The van der Waals surface area contributed by atoms with E-state index in [9.17, 15) is 0 Å². The summed E-state index contributed by atoms with van der Waals surface area (Å²) in [5.41, 5.74) is 4.04. The van der Waals surface area contributed by atoms with E-state index in [0.29, 0.717) is 0 Å². The molecule has 0 saturated heterocycles. The Morgan fingerprint density at radius 2 is 2.33 bits per heavy atom. The minimum absolute atomic E-state index is 0.844. The third-order valence-electron chi connectivity index (χ3n) is 3.26. The van der Waals surface area contributed by atoms with E-state index in [1.807, 2.05) is 0 Å². The molecule has 6 heteroatoms. The van der Waals surface area contributed by atoms with Gasteiger partial charge in [0, 0.05) is 12.1 Å². The molecule has 90 valence electrons. The number of aromatic nitrogens is 4. The minimum atomic E-state index is 0.844. The normalized spacial score (nSPS) is 14.9. The summed E-state index contributed by atoms with van der Waals surface area (Å²) in [5.74, 6) is 0. The quantitative estimate of drug-likeness (QED) is 0.717. The average Bonchev–Trinajstić information content (AvgIpc) is 2.99. The van der Waals surface area contributed by atoms with Crippen LogP contribution in [-0.4, -0.2) is 26.4 Å². The summed E-state index contributed by atoms with van der Waals surface area (Å²) in [5, 5.41) is 16.8. The summed E-state index contributed by atoms with van der Waals surface area (Å²) >= 11 is 1.59. The molecule has 3 heterocycles. The Kier molecular flexibility index (Phi) is 2.18. The first kappa shape index (κ1) is 10.2. The van der Waals surface area contributed by atoms with Gasteiger partial charge in [0.15, 0.2) is 0 Å². The van der Waals surface area contributed by atoms with Crippen LogP contribution in [-0.2, 0) is 13.0 Å². The van der Waals surface area contributed by atoms with Crippen LogP contribution in [0.3, 0.4) is 0 Å². The third kappa shape index (κ3) is 1.46. The van der Waals surface area contributed by atoms with Gasteiger partial charge >= 0.3 is 0 Å². The third-order valence-corrected chi connectivity index (χ3v) is 4.20. The van der Waals surface area contributed by atoms with Crippen LogP contribution < -0.4 is 5.32 Å². The molecule has 0 atom stereocenters. The van der Waals surface area contributed by atoms with Gasteiger partial charge in [-0.3, -0.25) is 0 Å². The van der Waals surface area contributed by atoms with Gasteiger partial charge in [0.2, 0.25) is 4.96 Å². The maximum Gasteiger partial charge on any atom is 0.234 e. The summed E-state index contributed by atoms with van der Waals surface area (Å²) in [4.78, 5) is 0.844. The fourth-order valence-electron chi connectivity index (χ4n) is 2.40. The highest BCUT2D eigenvalue weighted by Crippen LogP contribution is 2.31. The first-order chi connectivity index (χ1) is 8.92. The van der Waals surface area contributed by atoms with Gasteiger partial charge in [-0.1, -0.05) is 29.5 Å². The molecule has 4 rings (SSSR count). The molecule has 1 aliphatic rings. The smallest absolute Gasteiger partial charge is 0.234 e. The van der Waals surface area contributed by atoms with E-state index in [1.54, 1.807) is 22.2 Å². The molecule has 0 aliphatic carbocycles. The molecular weight excluding hydrogens is 246 g/mol. The summed E-state index contributed by atoms with van der Waals surface area (Å²) < 4.78 is 1.74. The molecule has 0 unspecified atom stereocenters. The highest BCUT2D eigenvalue weighted by atomic mass is 32.1. The number of nitrogens with one attached hydrogen (secondary N) is 1. The van der Waals surface area contributed by atoms with Crippen molar-refractivity contribution in [1.82, 2.24) is 25.1 Å². The van der Waals surface area contributed by atoms with E-state index >= 15 is 0 Å². The van der Waals surface area contributed by atoms with E-state index in [4.69, 9.17) is 0 Å². The Balaban J connectivity index is 1.91. The average molecular weight is 257 g/mol. The van der Waals surface area contributed by atoms with Crippen LogP contribution in [0.5, 0.6) is 0 Å². The minimum Gasteiger partial charge on any atom is -0.312 e. The van der Waals surface area contributed by atoms with Gasteiger partial charge in [-0.25, -0.2) is 0 Å². The van der Waals surface area contributed by atoms with Gasteiger partial charge in [0.25, 0.3) is 0 Å². The second-order valence-corrected chi connectivity index (χ2v) is 5.29. The van der Waals surface area contributed by atoms with Crippen molar-refractivity contribution < 1.29 is 0 Å². The Morgan fingerprint density at radius 3 is 3.28 bits per heavy atom. The summed E-state index contributed by atoms with van der Waals surface area (Å²) in [6.45, 7) is 1.99. The molecule has 0 amide bonds. The summed E-state index contributed by atoms with van der Waals surface area (Å²) in [6.07, 6.45) is 2.71. The standard InChI is InChI=1S/C12H11N5S/c1-2-8-6-13-5-4-9(8)10(3-1)11-16-17-7-14-15-12(17)18-11/h1-3,7,13H,4-6H2. The van der Waals surface area contributed by atoms with Gasteiger partial charge < -0.3 is 5.32 Å². The van der Waals surface area contributed by atoms with Crippen LogP contribution in [0.25, 0.3) is 15.5 Å². The first-order valence-corrected chi connectivity index (χ1v) is 6.72. The maximum absolute atomic E-state index is 4.54. The second-order valence-electron chi connectivity index (χ2n) is 4.34.